The third-order valence-electron chi connectivity index (χ3n) is 3.07. The number of aryl methyl sites for hydroxylation is 1. The summed E-state index contributed by atoms with van der Waals surface area (Å²) in [5.74, 6) is 1.84. The quantitative estimate of drug-likeness (QED) is 0.904. The van der Waals surface area contributed by atoms with E-state index in [2.05, 4.69) is 56.6 Å². The van der Waals surface area contributed by atoms with E-state index < -0.39 is 0 Å². The molecule has 2 heterocycles. The van der Waals surface area contributed by atoms with Gasteiger partial charge in [-0.25, -0.2) is 15.0 Å². The fourth-order valence-electron chi connectivity index (χ4n) is 2.05. The van der Waals surface area contributed by atoms with Crippen molar-refractivity contribution in [2.24, 2.45) is 0 Å². The zero-order valence-electron chi connectivity index (χ0n) is 12.3. The van der Waals surface area contributed by atoms with Crippen molar-refractivity contribution in [2.45, 2.75) is 39.7 Å². The fourth-order valence-corrected chi connectivity index (χ4v) is 2.89. The van der Waals surface area contributed by atoms with Gasteiger partial charge in [-0.05, 0) is 28.3 Å². The van der Waals surface area contributed by atoms with E-state index in [9.17, 15) is 0 Å². The number of halogens is 1. The van der Waals surface area contributed by atoms with Crippen molar-refractivity contribution < 1.29 is 0 Å². The molecule has 0 unspecified atom stereocenters. The van der Waals surface area contributed by atoms with Crippen LogP contribution in [0, 0.1) is 0 Å². The molecule has 2 rings (SSSR count). The molecule has 0 aliphatic heterocycles. The molecule has 0 amide bonds. The topological polar surface area (TPSA) is 55.6 Å². The maximum absolute atomic E-state index is 4.71. The van der Waals surface area contributed by atoms with E-state index in [1.807, 2.05) is 19.6 Å². The summed E-state index contributed by atoms with van der Waals surface area (Å²) in [5.41, 5.74) is 1.96. The van der Waals surface area contributed by atoms with Crippen LogP contribution in [-0.4, -0.2) is 26.6 Å². The summed E-state index contributed by atoms with van der Waals surface area (Å²) in [7, 11) is 1.87. The predicted molar refractivity (Wildman–Crippen MR) is 84.9 cm³/mol. The average Bonchev–Trinajstić information content (AvgIpc) is 2.87. The molecule has 2 aromatic heterocycles. The summed E-state index contributed by atoms with van der Waals surface area (Å²) in [6, 6.07) is 0. The number of hydrogen-bond acceptors (Lipinski definition) is 4. The Morgan fingerprint density at radius 3 is 2.70 bits per heavy atom. The van der Waals surface area contributed by atoms with Crippen LogP contribution >= 0.6 is 15.9 Å². The average molecular weight is 338 g/mol. The van der Waals surface area contributed by atoms with Gasteiger partial charge in [0.2, 0.25) is 0 Å². The summed E-state index contributed by atoms with van der Waals surface area (Å²) < 4.78 is 3.02. The molecule has 2 aromatic rings. The first-order valence-corrected chi connectivity index (χ1v) is 7.63. The molecule has 0 bridgehead atoms. The Morgan fingerprint density at radius 1 is 1.35 bits per heavy atom. The number of nitrogens with one attached hydrogen (secondary N) is 1. The number of anilines is 1. The minimum Gasteiger partial charge on any atom is -0.372 e. The molecule has 6 heteroatoms. The van der Waals surface area contributed by atoms with Crippen molar-refractivity contribution >= 4 is 21.7 Å². The van der Waals surface area contributed by atoms with Gasteiger partial charge in [0.15, 0.2) is 5.82 Å². The number of nitrogens with zero attached hydrogens (tertiary/aromatic N) is 4. The van der Waals surface area contributed by atoms with E-state index in [0.717, 1.165) is 34.6 Å². The van der Waals surface area contributed by atoms with Crippen LogP contribution < -0.4 is 5.32 Å². The van der Waals surface area contributed by atoms with Crippen molar-refractivity contribution in [1.29, 1.82) is 0 Å². The van der Waals surface area contributed by atoms with E-state index in [4.69, 9.17) is 4.98 Å². The first kappa shape index (κ1) is 15.0. The maximum atomic E-state index is 4.71. The van der Waals surface area contributed by atoms with Gasteiger partial charge in [-0.3, -0.25) is 0 Å². The molecule has 20 heavy (non-hydrogen) atoms. The van der Waals surface area contributed by atoms with E-state index in [-0.39, 0.29) is 0 Å². The standard InChI is InChI=1S/C14H20BrN5/c1-5-6-20-8-17-7-10(20)13-18-12(9(2)3)11(15)14(16-4)19-13/h7-9H,5-6H2,1-4H3,(H,16,18,19). The van der Waals surface area contributed by atoms with Crippen LogP contribution in [0.3, 0.4) is 0 Å². The fraction of sp³-hybridized carbons (Fsp3) is 0.500. The molecule has 0 saturated carbocycles. The highest BCUT2D eigenvalue weighted by molar-refractivity contribution is 9.10. The van der Waals surface area contributed by atoms with Crippen molar-refractivity contribution in [3.63, 3.8) is 0 Å². The van der Waals surface area contributed by atoms with Crippen LogP contribution in [0.4, 0.5) is 5.82 Å². The predicted octanol–water partition coefficient (Wildman–Crippen LogP) is 3.68. The molecule has 0 aliphatic rings. The normalized spacial score (nSPS) is 11.1. The zero-order valence-corrected chi connectivity index (χ0v) is 13.9. The highest BCUT2D eigenvalue weighted by atomic mass is 79.9. The molecule has 0 spiro atoms. The third kappa shape index (κ3) is 2.85. The van der Waals surface area contributed by atoms with Crippen molar-refractivity contribution in [2.75, 3.05) is 12.4 Å². The van der Waals surface area contributed by atoms with Crippen LogP contribution in [-0.2, 0) is 6.54 Å². The van der Waals surface area contributed by atoms with Gasteiger partial charge in [-0.1, -0.05) is 20.8 Å². The van der Waals surface area contributed by atoms with E-state index in [1.165, 1.54) is 0 Å². The number of imidazole rings is 1. The van der Waals surface area contributed by atoms with E-state index in [1.54, 1.807) is 0 Å². The Hall–Kier alpha value is -1.43. The van der Waals surface area contributed by atoms with Crippen LogP contribution in [0.25, 0.3) is 11.5 Å². The Labute approximate surface area is 128 Å². The molecule has 1 N–H and O–H groups in total. The Bertz CT molecular complexity index is 591. The molecule has 0 atom stereocenters. The number of rotatable bonds is 5. The van der Waals surface area contributed by atoms with Gasteiger partial charge in [-0.15, -0.1) is 0 Å². The summed E-state index contributed by atoms with van der Waals surface area (Å²) in [4.78, 5) is 13.5. The monoisotopic (exact) mass is 337 g/mol. The minimum atomic E-state index is 0.320. The van der Waals surface area contributed by atoms with Crippen LogP contribution in [0.15, 0.2) is 17.0 Å². The second-order valence-corrected chi connectivity index (χ2v) is 5.77. The van der Waals surface area contributed by atoms with Gasteiger partial charge in [-0.2, -0.15) is 0 Å². The molecule has 108 valence electrons. The van der Waals surface area contributed by atoms with Crippen molar-refractivity contribution in [3.05, 3.63) is 22.7 Å². The number of hydrogen-bond donors (Lipinski definition) is 1. The molecule has 0 fully saturated rings. The van der Waals surface area contributed by atoms with Gasteiger partial charge >= 0.3 is 0 Å². The van der Waals surface area contributed by atoms with Crippen molar-refractivity contribution in [3.8, 4) is 11.5 Å². The van der Waals surface area contributed by atoms with Gasteiger partial charge in [0.1, 0.15) is 11.5 Å². The second-order valence-electron chi connectivity index (χ2n) is 4.97. The smallest absolute Gasteiger partial charge is 0.180 e. The van der Waals surface area contributed by atoms with Crippen LogP contribution in [0.1, 0.15) is 38.8 Å². The highest BCUT2D eigenvalue weighted by Gasteiger charge is 2.17. The summed E-state index contributed by atoms with van der Waals surface area (Å²) in [6.45, 7) is 7.31. The van der Waals surface area contributed by atoms with E-state index in [0.29, 0.717) is 11.7 Å². The number of aromatic nitrogens is 4. The molecular formula is C14H20BrN5. The first-order chi connectivity index (χ1) is 9.58. The van der Waals surface area contributed by atoms with Crippen molar-refractivity contribution in [1.82, 2.24) is 19.5 Å². The zero-order chi connectivity index (χ0) is 14.7. The van der Waals surface area contributed by atoms with Crippen LogP contribution in [0.5, 0.6) is 0 Å². The first-order valence-electron chi connectivity index (χ1n) is 6.84. The lowest BCUT2D eigenvalue weighted by Gasteiger charge is -2.14. The molecule has 0 radical (unpaired) electrons. The minimum absolute atomic E-state index is 0.320. The molecular weight excluding hydrogens is 318 g/mol. The van der Waals surface area contributed by atoms with Gasteiger partial charge in [0.05, 0.1) is 22.7 Å². The lowest BCUT2D eigenvalue weighted by atomic mass is 10.1. The lowest BCUT2D eigenvalue weighted by molar-refractivity contribution is 0.680. The molecule has 0 saturated heterocycles. The lowest BCUT2D eigenvalue weighted by Crippen LogP contribution is -2.07. The second kappa shape index (κ2) is 6.35. The Balaban J connectivity index is 2.56. The molecule has 5 nitrogen and oxygen atoms in total. The van der Waals surface area contributed by atoms with Gasteiger partial charge < -0.3 is 9.88 Å². The summed E-state index contributed by atoms with van der Waals surface area (Å²) in [6.07, 6.45) is 4.70. The largest absolute Gasteiger partial charge is 0.372 e. The SMILES string of the molecule is CCCn1cncc1-c1nc(NC)c(Br)c(C(C)C)n1. The Morgan fingerprint density at radius 2 is 2.10 bits per heavy atom. The van der Waals surface area contributed by atoms with Gasteiger partial charge in [0, 0.05) is 13.6 Å². The maximum Gasteiger partial charge on any atom is 0.180 e. The highest BCUT2D eigenvalue weighted by Crippen LogP contribution is 2.31. The molecule has 0 aliphatic carbocycles. The molecule has 0 aromatic carbocycles. The summed E-state index contributed by atoms with van der Waals surface area (Å²) >= 11 is 3.58. The van der Waals surface area contributed by atoms with E-state index >= 15 is 0 Å². The Kier molecular flexibility index (Phi) is 4.75. The third-order valence-corrected chi connectivity index (χ3v) is 3.85. The van der Waals surface area contributed by atoms with Gasteiger partial charge in [0.25, 0.3) is 0 Å². The van der Waals surface area contributed by atoms with Crippen LogP contribution in [0.2, 0.25) is 0 Å². The summed E-state index contributed by atoms with van der Waals surface area (Å²) in [5, 5.41) is 3.12.